The number of ketones is 1. The van der Waals surface area contributed by atoms with Crippen molar-refractivity contribution in [2.75, 3.05) is 31.7 Å². The van der Waals surface area contributed by atoms with Crippen LogP contribution in [0.25, 0.3) is 0 Å². The Morgan fingerprint density at radius 2 is 1.61 bits per heavy atom. The number of unbranched alkanes of at least 4 members (excludes halogenated alkanes) is 3. The van der Waals surface area contributed by atoms with Gasteiger partial charge in [-0.25, -0.2) is 4.79 Å². The molecule has 0 bridgehead atoms. The number of rotatable bonds is 19. The van der Waals surface area contributed by atoms with E-state index in [1.807, 2.05) is 13.8 Å². The summed E-state index contributed by atoms with van der Waals surface area (Å²) in [5.74, 6) is -1.51. The van der Waals surface area contributed by atoms with Crippen LogP contribution in [0, 0.1) is 11.8 Å². The number of hydrogen-bond donors (Lipinski definition) is 0. The van der Waals surface area contributed by atoms with Crippen LogP contribution in [0.15, 0.2) is 12.7 Å². The summed E-state index contributed by atoms with van der Waals surface area (Å²) in [6.07, 6.45) is 11.0. The average Bonchev–Trinajstić information content (AvgIpc) is 3.50. The highest BCUT2D eigenvalue weighted by Gasteiger charge is 2.59. The summed E-state index contributed by atoms with van der Waals surface area (Å²) >= 11 is 0. The van der Waals surface area contributed by atoms with E-state index < -0.39 is 45.2 Å². The zero-order valence-corrected chi connectivity index (χ0v) is 31.6. The van der Waals surface area contributed by atoms with Gasteiger partial charge in [0.25, 0.3) is 0 Å². The lowest BCUT2D eigenvalue weighted by molar-refractivity contribution is -0.162. The van der Waals surface area contributed by atoms with Crippen molar-refractivity contribution in [2.45, 2.75) is 143 Å². The van der Waals surface area contributed by atoms with E-state index in [1.54, 1.807) is 11.0 Å². The van der Waals surface area contributed by atoms with Crippen molar-refractivity contribution in [3.63, 3.8) is 0 Å². The number of hydrogen-bond acceptors (Lipinski definition) is 6. The summed E-state index contributed by atoms with van der Waals surface area (Å²) < 4.78 is 18.5. The topological polar surface area (TPSA) is 82.1 Å². The lowest BCUT2D eigenvalue weighted by Crippen LogP contribution is -2.71. The monoisotopic (exact) mass is 653 g/mol. The lowest BCUT2D eigenvalue weighted by atomic mass is 9.74. The van der Waals surface area contributed by atoms with Crippen LogP contribution < -0.4 is 0 Å². The van der Waals surface area contributed by atoms with Crippen LogP contribution in [0.2, 0.25) is 18.1 Å². The van der Waals surface area contributed by atoms with E-state index in [9.17, 15) is 14.4 Å². The van der Waals surface area contributed by atoms with Crippen molar-refractivity contribution in [1.29, 1.82) is 0 Å². The normalized spacial score (nSPS) is 22.4. The van der Waals surface area contributed by atoms with Crippen molar-refractivity contribution in [2.24, 2.45) is 11.8 Å². The zero-order chi connectivity index (χ0) is 33.3. The number of likely N-dealkylation sites (tertiary alicyclic amines) is 1. The second-order valence-electron chi connectivity index (χ2n) is 14.6. The van der Waals surface area contributed by atoms with Crippen molar-refractivity contribution in [3.8, 4) is 0 Å². The maximum atomic E-state index is 14.6. The molecule has 2 aliphatic rings. The smallest absolute Gasteiger partial charge is 0.355 e. The largest absolute Gasteiger partial charge is 0.457 e. The fraction of sp³-hybridized carbons (Fsp3) is 0.829. The molecule has 0 N–H and O–H groups in total. The van der Waals surface area contributed by atoms with E-state index in [0.29, 0.717) is 18.4 Å². The summed E-state index contributed by atoms with van der Waals surface area (Å²) in [5.41, 5.74) is 0.562. The highest BCUT2D eigenvalue weighted by molar-refractivity contribution is 7.77. The van der Waals surface area contributed by atoms with Crippen molar-refractivity contribution >= 4 is 38.3 Å². The second-order valence-corrected chi connectivity index (χ2v) is 23.4. The first-order chi connectivity index (χ1) is 20.6. The van der Waals surface area contributed by atoms with Crippen LogP contribution in [0.5, 0.6) is 0 Å². The number of esters is 1. The van der Waals surface area contributed by atoms with E-state index in [-0.39, 0.29) is 29.4 Å². The van der Waals surface area contributed by atoms with Gasteiger partial charge in [0.2, 0.25) is 5.91 Å². The second kappa shape index (κ2) is 17.1. The van der Waals surface area contributed by atoms with Crippen molar-refractivity contribution in [3.05, 3.63) is 12.7 Å². The predicted molar refractivity (Wildman–Crippen MR) is 187 cm³/mol. The Balaban J connectivity index is 2.81. The van der Waals surface area contributed by atoms with Gasteiger partial charge in [0, 0.05) is 12.5 Å². The zero-order valence-electron chi connectivity index (χ0n) is 29.7. The van der Waals surface area contributed by atoms with Gasteiger partial charge in [-0.1, -0.05) is 87.3 Å². The number of nitrogens with zero attached hydrogens (tertiary/aromatic N) is 1. The Bertz CT molecular complexity index is 1020. The van der Waals surface area contributed by atoms with Crippen LogP contribution in [0.4, 0.5) is 0 Å². The molecule has 254 valence electrons. The fourth-order valence-electron chi connectivity index (χ4n) is 6.52. The van der Waals surface area contributed by atoms with Gasteiger partial charge in [0.1, 0.15) is 18.1 Å². The van der Waals surface area contributed by atoms with Crippen LogP contribution in [0.3, 0.4) is 0 Å². The van der Waals surface area contributed by atoms with Crippen LogP contribution >= 0.6 is 6.89 Å². The lowest BCUT2D eigenvalue weighted by Gasteiger charge is -2.54. The van der Waals surface area contributed by atoms with Crippen molar-refractivity contribution < 1.29 is 28.3 Å². The Morgan fingerprint density at radius 1 is 1.07 bits per heavy atom. The standard InChI is InChI=1S/C35H64NO6PSi/c1-12-16-23-43(24-17-13-2,25-18-14-3)33(34(39)41-21-15-4)36-30(26(5)31(37)28-20-19-22-40-28)29(32(36)38)27(6)42-44(10,11)35(7,8)9/h15,26-30H,4,12-14,16-25H2,1-3,5-11H3/t26-,27-,28-,29-,30-/m1/s1. The van der Waals surface area contributed by atoms with Gasteiger partial charge < -0.3 is 18.8 Å². The van der Waals surface area contributed by atoms with Gasteiger partial charge >= 0.3 is 5.97 Å². The van der Waals surface area contributed by atoms with E-state index in [1.165, 1.54) is 0 Å². The third-order valence-electron chi connectivity index (χ3n) is 10.2. The molecular formula is C35H64NO6PSi. The molecule has 2 rings (SSSR count). The van der Waals surface area contributed by atoms with E-state index >= 15 is 0 Å². The average molecular weight is 654 g/mol. The molecule has 1 amide bonds. The molecule has 9 heteroatoms. The van der Waals surface area contributed by atoms with E-state index in [2.05, 4.69) is 61.2 Å². The van der Waals surface area contributed by atoms with Crippen LogP contribution in [-0.4, -0.2) is 86.2 Å². The molecule has 0 spiro atoms. The van der Waals surface area contributed by atoms with Gasteiger partial charge in [0.15, 0.2) is 14.1 Å². The Labute approximate surface area is 270 Å². The van der Waals surface area contributed by atoms with Gasteiger partial charge in [0.05, 0.1) is 18.1 Å². The summed E-state index contributed by atoms with van der Waals surface area (Å²) in [5, 5.41) is -0.0325. The third kappa shape index (κ3) is 8.98. The van der Waals surface area contributed by atoms with Gasteiger partial charge in [-0.05, 0) is 75.6 Å². The highest BCUT2D eigenvalue weighted by atomic mass is 31.2. The quantitative estimate of drug-likeness (QED) is 0.0464. The molecule has 0 unspecified atom stereocenters. The Hall–Kier alpha value is -1.21. The summed E-state index contributed by atoms with van der Waals surface area (Å²) in [7, 11) is -2.22. The fourth-order valence-corrected chi connectivity index (χ4v) is 13.2. The first kappa shape index (κ1) is 39.0. The minimum absolute atomic E-state index is 0.0212. The Kier molecular flexibility index (Phi) is 15.1. The van der Waals surface area contributed by atoms with Gasteiger partial charge in [-0.3, -0.25) is 9.59 Å². The van der Waals surface area contributed by atoms with E-state index in [0.717, 1.165) is 63.4 Å². The van der Waals surface area contributed by atoms with Crippen molar-refractivity contribution in [1.82, 2.24) is 4.90 Å². The molecule has 0 aromatic carbocycles. The molecule has 0 aromatic rings. The first-order valence-electron chi connectivity index (χ1n) is 17.3. The molecular weight excluding hydrogens is 589 g/mol. The van der Waals surface area contributed by atoms with E-state index in [4.69, 9.17) is 13.9 Å². The molecule has 44 heavy (non-hydrogen) atoms. The molecule has 0 aliphatic carbocycles. The molecule has 2 heterocycles. The molecule has 0 aromatic heterocycles. The molecule has 2 saturated heterocycles. The maximum absolute atomic E-state index is 14.6. The molecule has 0 saturated carbocycles. The molecule has 2 fully saturated rings. The molecule has 2 aliphatic heterocycles. The number of β-lactam (4-membered cyclic amide) rings is 1. The number of Topliss-reactive ketones (excluding diaryl/α,β-unsaturated/α-hetero) is 1. The minimum Gasteiger partial charge on any atom is -0.457 e. The number of carbonyl (C=O) groups is 3. The van der Waals surface area contributed by atoms with Crippen LogP contribution in [-0.2, 0) is 28.3 Å². The summed E-state index contributed by atoms with van der Waals surface area (Å²) in [6.45, 7) is 23.7. The molecule has 7 nitrogen and oxygen atoms in total. The number of amides is 1. The predicted octanol–water partition coefficient (Wildman–Crippen LogP) is 7.88. The highest BCUT2D eigenvalue weighted by Crippen LogP contribution is 2.55. The maximum Gasteiger partial charge on any atom is 0.355 e. The van der Waals surface area contributed by atoms with Gasteiger partial charge in [-0.15, -0.1) is 0 Å². The van der Waals surface area contributed by atoms with Gasteiger partial charge in [-0.2, -0.15) is 0 Å². The molecule has 5 atom stereocenters. The SMILES string of the molecule is C=CCOC(=O)C(N1C(=O)[C@H]([C@@H](C)O[Si](C)(C)C(C)(C)C)[C@H]1[C@@H](C)C(=O)[C@H]1CCCO1)=P(CCCC)(CCCC)CCCC. The third-order valence-corrected chi connectivity index (χ3v) is 19.6. The Morgan fingerprint density at radius 3 is 2.05 bits per heavy atom. The molecule has 0 radical (unpaired) electrons. The van der Waals surface area contributed by atoms with Crippen LogP contribution in [0.1, 0.15) is 107 Å². The minimum atomic E-state index is -2.22. The summed E-state index contributed by atoms with van der Waals surface area (Å²) in [6, 6.07) is -0.477. The summed E-state index contributed by atoms with van der Waals surface area (Å²) in [4.78, 5) is 44.5. The number of ether oxygens (including phenoxy) is 2. The number of carbonyl (C=O) groups excluding carboxylic acids is 3. The first-order valence-corrected chi connectivity index (χ1v) is 22.6.